The molecule has 14 heteroatoms. The van der Waals surface area contributed by atoms with Crippen molar-refractivity contribution < 1.29 is 32.0 Å². The first-order valence-electron chi connectivity index (χ1n) is 16.2. The van der Waals surface area contributed by atoms with Gasteiger partial charge in [0.05, 0.1) is 22.1 Å². The van der Waals surface area contributed by atoms with Crippen molar-refractivity contribution in [3.8, 4) is 0 Å². The number of sulfonamides is 1. The van der Waals surface area contributed by atoms with Crippen LogP contribution in [0.4, 0.5) is 10.1 Å². The fourth-order valence-electron chi connectivity index (χ4n) is 8.43. The van der Waals surface area contributed by atoms with Gasteiger partial charge in [-0.1, -0.05) is 0 Å². The van der Waals surface area contributed by atoms with E-state index in [-0.39, 0.29) is 46.4 Å². The highest BCUT2D eigenvalue weighted by molar-refractivity contribution is 7.89. The number of piperidine rings is 4. The maximum atomic E-state index is 15.4. The molecule has 1 spiro atoms. The number of nitrogens with zero attached hydrogens (tertiary/aromatic N) is 4. The van der Waals surface area contributed by atoms with Crippen LogP contribution in [0.15, 0.2) is 12.1 Å². The number of benzene rings is 1. The van der Waals surface area contributed by atoms with Crippen LogP contribution in [0.2, 0.25) is 0 Å². The van der Waals surface area contributed by atoms with Gasteiger partial charge in [0.15, 0.2) is 0 Å². The van der Waals surface area contributed by atoms with Crippen LogP contribution in [0.1, 0.15) is 84.9 Å². The fourth-order valence-corrected chi connectivity index (χ4v) is 10.4. The lowest BCUT2D eigenvalue weighted by molar-refractivity contribution is -0.136. The van der Waals surface area contributed by atoms with Crippen molar-refractivity contribution >= 4 is 39.3 Å². The Hall–Kier alpha value is -2.94. The summed E-state index contributed by atoms with van der Waals surface area (Å²) in [6.07, 6.45) is 6.68. The maximum absolute atomic E-state index is 15.4. The lowest BCUT2D eigenvalue weighted by Gasteiger charge is -2.56. The first-order chi connectivity index (χ1) is 21.5. The van der Waals surface area contributed by atoms with E-state index in [0.29, 0.717) is 45.1 Å². The van der Waals surface area contributed by atoms with Gasteiger partial charge in [-0.2, -0.15) is 0 Å². The van der Waals surface area contributed by atoms with Crippen LogP contribution in [0.3, 0.4) is 0 Å². The third kappa shape index (κ3) is 5.36. The number of hydrogen-bond donors (Lipinski definition) is 2. The van der Waals surface area contributed by atoms with Gasteiger partial charge in [0, 0.05) is 44.7 Å². The van der Waals surface area contributed by atoms with E-state index in [1.807, 2.05) is 4.90 Å². The van der Waals surface area contributed by atoms with E-state index in [4.69, 9.17) is 5.73 Å². The Morgan fingerprint density at radius 3 is 2.09 bits per heavy atom. The highest BCUT2D eigenvalue weighted by Gasteiger charge is 2.50. The van der Waals surface area contributed by atoms with Crippen LogP contribution >= 0.6 is 0 Å². The number of hydrogen-bond acceptors (Lipinski definition) is 9. The van der Waals surface area contributed by atoms with Crippen LogP contribution in [0.5, 0.6) is 0 Å². The molecule has 1 aliphatic carbocycles. The summed E-state index contributed by atoms with van der Waals surface area (Å²) < 4.78 is 43.4. The SMILES string of the molecule is NC1CCN(S(=O)(=O)C2CCN(C3CC4(CCN(c5cc6c(cc5F)C(=O)N(C5CCC(=O)NC5=O)C6=O)CC4)C3)CC2)CC1. The summed E-state index contributed by atoms with van der Waals surface area (Å²) >= 11 is 0. The van der Waals surface area contributed by atoms with Crippen molar-refractivity contribution in [2.45, 2.75) is 87.6 Å². The number of anilines is 1. The smallest absolute Gasteiger partial charge is 0.262 e. The summed E-state index contributed by atoms with van der Waals surface area (Å²) in [6.45, 7) is 3.87. The summed E-state index contributed by atoms with van der Waals surface area (Å²) in [5.41, 5.74) is 6.45. The predicted molar refractivity (Wildman–Crippen MR) is 162 cm³/mol. The molecule has 5 heterocycles. The number of fused-ring (bicyclic) bond motifs is 1. The Balaban J connectivity index is 0.932. The van der Waals surface area contributed by atoms with Crippen LogP contribution in [0, 0.1) is 11.2 Å². The lowest BCUT2D eigenvalue weighted by Crippen LogP contribution is -2.57. The molecule has 45 heavy (non-hydrogen) atoms. The molecule has 1 atom stereocenters. The Kier molecular flexibility index (Phi) is 7.77. The third-order valence-corrected chi connectivity index (χ3v) is 13.7. The summed E-state index contributed by atoms with van der Waals surface area (Å²) in [5.74, 6) is -3.08. The zero-order valence-electron chi connectivity index (χ0n) is 25.4. The van der Waals surface area contributed by atoms with E-state index in [1.54, 1.807) is 4.31 Å². The Morgan fingerprint density at radius 2 is 1.47 bits per heavy atom. The van der Waals surface area contributed by atoms with E-state index < -0.39 is 45.5 Å². The number of likely N-dealkylation sites (tertiary alicyclic amines) is 1. The molecule has 0 radical (unpaired) electrons. The van der Waals surface area contributed by atoms with Crippen LogP contribution in [-0.4, -0.2) is 109 Å². The number of carbonyl (C=O) groups excluding carboxylic acids is 4. The van der Waals surface area contributed by atoms with Crippen molar-refractivity contribution in [1.29, 1.82) is 0 Å². The normalized spacial score (nSPS) is 27.6. The summed E-state index contributed by atoms with van der Waals surface area (Å²) in [6, 6.07) is 1.98. The zero-order chi connectivity index (χ0) is 31.7. The molecule has 3 N–H and O–H groups in total. The second-order valence-electron chi connectivity index (χ2n) is 13.9. The molecular weight excluding hydrogens is 603 g/mol. The van der Waals surface area contributed by atoms with Crippen molar-refractivity contribution in [2.24, 2.45) is 11.1 Å². The van der Waals surface area contributed by atoms with Crippen LogP contribution in [0.25, 0.3) is 0 Å². The van der Waals surface area contributed by atoms with Gasteiger partial charge in [0.2, 0.25) is 21.8 Å². The van der Waals surface area contributed by atoms with E-state index in [0.717, 1.165) is 62.6 Å². The molecule has 6 aliphatic rings. The number of imide groups is 2. The largest absolute Gasteiger partial charge is 0.369 e. The topological polar surface area (TPSA) is 153 Å². The predicted octanol–water partition coefficient (Wildman–Crippen LogP) is 1.19. The number of rotatable bonds is 5. The van der Waals surface area contributed by atoms with E-state index >= 15 is 4.39 Å². The van der Waals surface area contributed by atoms with Gasteiger partial charge in [-0.05, 0) is 88.4 Å². The van der Waals surface area contributed by atoms with Gasteiger partial charge >= 0.3 is 0 Å². The van der Waals surface area contributed by atoms with Crippen molar-refractivity contribution in [3.05, 3.63) is 29.1 Å². The van der Waals surface area contributed by atoms with Crippen molar-refractivity contribution in [2.75, 3.05) is 44.2 Å². The highest BCUT2D eigenvalue weighted by Crippen LogP contribution is 2.52. The van der Waals surface area contributed by atoms with Gasteiger partial charge in [-0.15, -0.1) is 0 Å². The molecule has 1 saturated carbocycles. The number of amides is 4. The van der Waals surface area contributed by atoms with E-state index in [2.05, 4.69) is 10.2 Å². The summed E-state index contributed by atoms with van der Waals surface area (Å²) in [5, 5.41) is 1.86. The van der Waals surface area contributed by atoms with Gasteiger partial charge in [-0.3, -0.25) is 29.4 Å². The standard InChI is InChI=1S/C31H41FN6O6S/c32-24-15-22-23(30(42)38(29(22)41)25-1-2-27(39)34-28(25)40)16-26(24)36-13-7-31(8-14-36)17-20(18-31)35-9-5-21(6-10-35)45(43,44)37-11-3-19(33)4-12-37/h15-16,19-21,25H,1-14,17-18,33H2,(H,34,39,40). The molecule has 0 aromatic heterocycles. The number of carbonyl (C=O) groups is 4. The molecular formula is C31H41FN6O6S. The number of nitrogens with one attached hydrogen (secondary N) is 1. The molecule has 244 valence electrons. The van der Waals surface area contributed by atoms with Gasteiger partial charge < -0.3 is 15.5 Å². The molecule has 0 bridgehead atoms. The minimum Gasteiger partial charge on any atom is -0.369 e. The number of halogens is 1. The third-order valence-electron chi connectivity index (χ3n) is 11.3. The van der Waals surface area contributed by atoms with E-state index in [1.165, 1.54) is 6.07 Å². The summed E-state index contributed by atoms with van der Waals surface area (Å²) in [4.78, 5) is 55.4. The van der Waals surface area contributed by atoms with E-state index in [9.17, 15) is 27.6 Å². The molecule has 5 aliphatic heterocycles. The molecule has 4 saturated heterocycles. The monoisotopic (exact) mass is 644 g/mol. The highest BCUT2D eigenvalue weighted by atomic mass is 32.2. The Bertz CT molecular complexity index is 1520. The minimum atomic E-state index is -3.29. The maximum Gasteiger partial charge on any atom is 0.262 e. The molecule has 1 aromatic rings. The Labute approximate surface area is 262 Å². The van der Waals surface area contributed by atoms with Crippen LogP contribution in [-0.2, 0) is 19.6 Å². The van der Waals surface area contributed by atoms with Crippen molar-refractivity contribution in [3.63, 3.8) is 0 Å². The average molecular weight is 645 g/mol. The van der Waals surface area contributed by atoms with Crippen molar-refractivity contribution in [1.82, 2.24) is 19.4 Å². The molecule has 1 unspecified atom stereocenters. The molecule has 5 fully saturated rings. The second-order valence-corrected chi connectivity index (χ2v) is 16.1. The van der Waals surface area contributed by atoms with Gasteiger partial charge in [0.1, 0.15) is 11.9 Å². The fraction of sp³-hybridized carbons (Fsp3) is 0.677. The van der Waals surface area contributed by atoms with Gasteiger partial charge in [0.25, 0.3) is 11.8 Å². The summed E-state index contributed by atoms with van der Waals surface area (Å²) in [7, 11) is -3.29. The zero-order valence-corrected chi connectivity index (χ0v) is 26.2. The first-order valence-corrected chi connectivity index (χ1v) is 17.7. The van der Waals surface area contributed by atoms with Crippen LogP contribution < -0.4 is 16.0 Å². The average Bonchev–Trinajstić information content (AvgIpc) is 3.24. The molecule has 12 nitrogen and oxygen atoms in total. The molecule has 1 aromatic carbocycles. The lowest BCUT2D eigenvalue weighted by atomic mass is 9.59. The quantitative estimate of drug-likeness (QED) is 0.450. The van der Waals surface area contributed by atoms with Gasteiger partial charge in [-0.25, -0.2) is 17.1 Å². The number of nitrogens with two attached hydrogens (primary N) is 1. The first kappa shape index (κ1) is 30.7. The Morgan fingerprint density at radius 1 is 0.844 bits per heavy atom. The molecule has 4 amide bonds. The second kappa shape index (κ2) is 11.4. The minimum absolute atomic E-state index is 0.0225. The molecule has 7 rings (SSSR count).